The minimum atomic E-state index is -0.976. The Kier molecular flexibility index (Phi) is 6.03. The number of hydrogen-bond acceptors (Lipinski definition) is 2. The lowest BCUT2D eigenvalue weighted by atomic mass is 10.1. The number of benzene rings is 2. The highest BCUT2D eigenvalue weighted by molar-refractivity contribution is 9.10. The van der Waals surface area contributed by atoms with Crippen LogP contribution in [-0.4, -0.2) is 18.4 Å². The highest BCUT2D eigenvalue weighted by Gasteiger charge is 2.15. The van der Waals surface area contributed by atoms with Gasteiger partial charge in [0.25, 0.3) is 5.91 Å². The van der Waals surface area contributed by atoms with Crippen LogP contribution in [0.2, 0.25) is 0 Å². The predicted molar refractivity (Wildman–Crippen MR) is 89.4 cm³/mol. The van der Waals surface area contributed by atoms with Crippen molar-refractivity contribution in [3.05, 3.63) is 69.7 Å². The fourth-order valence-electron chi connectivity index (χ4n) is 2.08. The fraction of sp³-hybridized carbons (Fsp3) is 0.176. The van der Waals surface area contributed by atoms with Gasteiger partial charge in [-0.15, -0.1) is 0 Å². The molecule has 0 aliphatic rings. The zero-order chi connectivity index (χ0) is 17.7. The summed E-state index contributed by atoms with van der Waals surface area (Å²) in [5.41, 5.74) is 0.581. The average molecular weight is 397 g/mol. The Morgan fingerprint density at radius 3 is 2.58 bits per heavy atom. The van der Waals surface area contributed by atoms with Crippen molar-refractivity contribution in [1.82, 2.24) is 10.6 Å². The normalized spacial score (nSPS) is 11.7. The lowest BCUT2D eigenvalue weighted by Crippen LogP contribution is -2.38. The third-order valence-corrected chi connectivity index (χ3v) is 3.80. The molecule has 24 heavy (non-hydrogen) atoms. The van der Waals surface area contributed by atoms with Crippen molar-refractivity contribution in [2.24, 2.45) is 0 Å². The molecule has 0 aromatic heterocycles. The van der Waals surface area contributed by atoms with Gasteiger partial charge in [-0.25, -0.2) is 8.78 Å². The molecule has 1 atom stereocenters. The van der Waals surface area contributed by atoms with Gasteiger partial charge in [-0.1, -0.05) is 28.1 Å². The number of halogens is 3. The monoisotopic (exact) mass is 396 g/mol. The van der Waals surface area contributed by atoms with Gasteiger partial charge >= 0.3 is 0 Å². The van der Waals surface area contributed by atoms with E-state index in [0.29, 0.717) is 6.07 Å². The van der Waals surface area contributed by atoms with E-state index in [9.17, 15) is 18.4 Å². The van der Waals surface area contributed by atoms with E-state index in [1.54, 1.807) is 6.92 Å². The molecule has 2 amide bonds. The summed E-state index contributed by atoms with van der Waals surface area (Å²) in [6, 6.07) is 9.82. The Morgan fingerprint density at radius 1 is 1.17 bits per heavy atom. The second-order valence-corrected chi connectivity index (χ2v) is 6.07. The maximum absolute atomic E-state index is 13.5. The van der Waals surface area contributed by atoms with Crippen LogP contribution in [0.4, 0.5) is 8.78 Å². The van der Waals surface area contributed by atoms with E-state index in [0.717, 1.165) is 22.2 Å². The van der Waals surface area contributed by atoms with Crippen LogP contribution in [-0.2, 0) is 4.79 Å². The van der Waals surface area contributed by atoms with Crippen LogP contribution in [0.25, 0.3) is 0 Å². The number of nitrogens with one attached hydrogen (secondary N) is 2. The molecule has 0 fully saturated rings. The summed E-state index contributed by atoms with van der Waals surface area (Å²) in [6.45, 7) is 1.50. The second kappa shape index (κ2) is 8.01. The maximum atomic E-state index is 13.5. The van der Waals surface area contributed by atoms with Gasteiger partial charge in [0.2, 0.25) is 5.91 Å². The van der Waals surface area contributed by atoms with Crippen molar-refractivity contribution >= 4 is 27.7 Å². The molecular formula is C17H15BrF2N2O2. The molecule has 0 aliphatic heterocycles. The second-order valence-electron chi connectivity index (χ2n) is 5.15. The Hall–Kier alpha value is -2.28. The molecule has 126 valence electrons. The minimum Gasteiger partial charge on any atom is -0.348 e. The van der Waals surface area contributed by atoms with Gasteiger partial charge in [0.05, 0.1) is 18.2 Å². The summed E-state index contributed by atoms with van der Waals surface area (Å²) in [6.07, 6.45) is 0. The van der Waals surface area contributed by atoms with E-state index < -0.39 is 23.4 Å². The van der Waals surface area contributed by atoms with Gasteiger partial charge in [0.15, 0.2) is 0 Å². The van der Waals surface area contributed by atoms with Crippen LogP contribution in [0.15, 0.2) is 46.9 Å². The molecule has 0 aliphatic carbocycles. The van der Waals surface area contributed by atoms with E-state index in [1.165, 1.54) is 0 Å². The zero-order valence-corrected chi connectivity index (χ0v) is 14.4. The smallest absolute Gasteiger partial charge is 0.254 e. The summed E-state index contributed by atoms with van der Waals surface area (Å²) in [5.74, 6) is -2.95. The van der Waals surface area contributed by atoms with Gasteiger partial charge < -0.3 is 10.6 Å². The molecule has 0 saturated carbocycles. The van der Waals surface area contributed by atoms with Crippen LogP contribution in [0.1, 0.15) is 28.9 Å². The van der Waals surface area contributed by atoms with Crippen molar-refractivity contribution in [2.45, 2.75) is 13.0 Å². The minimum absolute atomic E-state index is 0.255. The van der Waals surface area contributed by atoms with Gasteiger partial charge in [-0.3, -0.25) is 9.59 Å². The average Bonchev–Trinajstić information content (AvgIpc) is 2.52. The molecular weight excluding hydrogens is 382 g/mol. The molecule has 0 radical (unpaired) electrons. The van der Waals surface area contributed by atoms with Crippen LogP contribution in [0.5, 0.6) is 0 Å². The van der Waals surface area contributed by atoms with Crippen molar-refractivity contribution < 1.29 is 18.4 Å². The number of carbonyl (C=O) groups is 2. The van der Waals surface area contributed by atoms with E-state index in [2.05, 4.69) is 26.6 Å². The summed E-state index contributed by atoms with van der Waals surface area (Å²) in [5, 5.41) is 5.03. The SMILES string of the molecule is CC(NC(=O)CNC(=O)c1ccc(F)cc1F)c1cccc(Br)c1. The summed E-state index contributed by atoms with van der Waals surface area (Å²) in [7, 11) is 0. The molecule has 0 saturated heterocycles. The Morgan fingerprint density at radius 2 is 1.92 bits per heavy atom. The first kappa shape index (κ1) is 18.1. The maximum Gasteiger partial charge on any atom is 0.254 e. The molecule has 0 spiro atoms. The van der Waals surface area contributed by atoms with Crippen LogP contribution in [0.3, 0.4) is 0 Å². The number of hydrogen-bond donors (Lipinski definition) is 2. The van der Waals surface area contributed by atoms with Crippen molar-refractivity contribution in [3.63, 3.8) is 0 Å². The summed E-state index contributed by atoms with van der Waals surface area (Å²) < 4.78 is 27.2. The third-order valence-electron chi connectivity index (χ3n) is 3.31. The molecule has 7 heteroatoms. The van der Waals surface area contributed by atoms with Crippen molar-refractivity contribution in [3.8, 4) is 0 Å². The number of carbonyl (C=O) groups excluding carboxylic acids is 2. The van der Waals surface area contributed by atoms with Gasteiger partial charge in [-0.2, -0.15) is 0 Å². The first-order valence-corrected chi connectivity index (χ1v) is 7.94. The topological polar surface area (TPSA) is 58.2 Å². The molecule has 0 bridgehead atoms. The highest BCUT2D eigenvalue weighted by Crippen LogP contribution is 2.17. The van der Waals surface area contributed by atoms with E-state index in [1.807, 2.05) is 24.3 Å². The summed E-state index contributed by atoms with van der Waals surface area (Å²) >= 11 is 3.35. The first-order chi connectivity index (χ1) is 11.4. The zero-order valence-electron chi connectivity index (χ0n) is 12.8. The van der Waals surface area contributed by atoms with E-state index >= 15 is 0 Å². The van der Waals surface area contributed by atoms with Crippen molar-refractivity contribution in [2.75, 3.05) is 6.54 Å². The largest absolute Gasteiger partial charge is 0.348 e. The molecule has 2 N–H and O–H groups in total. The van der Waals surface area contributed by atoms with Crippen LogP contribution < -0.4 is 10.6 Å². The fourth-order valence-corrected chi connectivity index (χ4v) is 2.50. The Labute approximate surface area is 146 Å². The molecule has 2 aromatic carbocycles. The third kappa shape index (κ3) is 4.86. The van der Waals surface area contributed by atoms with E-state index in [4.69, 9.17) is 0 Å². The van der Waals surface area contributed by atoms with Crippen LogP contribution in [0, 0.1) is 11.6 Å². The van der Waals surface area contributed by atoms with E-state index in [-0.39, 0.29) is 18.2 Å². The molecule has 2 aromatic rings. The Balaban J connectivity index is 1.89. The quantitative estimate of drug-likeness (QED) is 0.814. The van der Waals surface area contributed by atoms with Gasteiger partial charge in [-0.05, 0) is 36.8 Å². The molecule has 2 rings (SSSR count). The predicted octanol–water partition coefficient (Wildman–Crippen LogP) is 3.33. The standard InChI is InChI=1S/C17H15BrF2N2O2/c1-10(11-3-2-4-12(18)7-11)22-16(23)9-21-17(24)14-6-5-13(19)8-15(14)20/h2-8,10H,9H2,1H3,(H,21,24)(H,22,23). The van der Waals surface area contributed by atoms with Crippen LogP contribution >= 0.6 is 15.9 Å². The number of rotatable bonds is 5. The van der Waals surface area contributed by atoms with Gasteiger partial charge in [0.1, 0.15) is 11.6 Å². The molecule has 4 nitrogen and oxygen atoms in total. The first-order valence-electron chi connectivity index (χ1n) is 7.15. The lowest BCUT2D eigenvalue weighted by molar-refractivity contribution is -0.120. The molecule has 0 heterocycles. The lowest BCUT2D eigenvalue weighted by Gasteiger charge is -2.15. The molecule has 1 unspecified atom stereocenters. The highest BCUT2D eigenvalue weighted by atomic mass is 79.9. The number of amides is 2. The summed E-state index contributed by atoms with van der Waals surface area (Å²) in [4.78, 5) is 23.7. The van der Waals surface area contributed by atoms with Crippen molar-refractivity contribution in [1.29, 1.82) is 0 Å². The Bertz CT molecular complexity index is 768. The van der Waals surface area contributed by atoms with Gasteiger partial charge in [0, 0.05) is 10.5 Å².